The number of benzene rings is 3. The van der Waals surface area contributed by atoms with Gasteiger partial charge in [0.15, 0.2) is 0 Å². The molecule has 29 heavy (non-hydrogen) atoms. The van der Waals surface area contributed by atoms with Crippen LogP contribution in [-0.2, 0) is 13.0 Å². The van der Waals surface area contributed by atoms with Crippen LogP contribution in [0.3, 0.4) is 0 Å². The minimum absolute atomic E-state index is 0.00891. The fourth-order valence-corrected chi connectivity index (χ4v) is 3.49. The molecule has 0 radical (unpaired) electrons. The number of carboxylic acids is 2. The van der Waals surface area contributed by atoms with Gasteiger partial charge in [0.2, 0.25) is 0 Å². The molecule has 0 aliphatic carbocycles. The van der Waals surface area contributed by atoms with Crippen molar-refractivity contribution in [2.24, 2.45) is 0 Å². The van der Waals surface area contributed by atoms with Crippen molar-refractivity contribution in [1.82, 2.24) is 0 Å². The lowest BCUT2D eigenvalue weighted by Gasteiger charge is -2.15. The summed E-state index contributed by atoms with van der Waals surface area (Å²) in [5.74, 6) is -1.75. The van der Waals surface area contributed by atoms with E-state index in [1.165, 1.54) is 12.1 Å². The fourth-order valence-electron chi connectivity index (χ4n) is 2.93. The van der Waals surface area contributed by atoms with Crippen molar-refractivity contribution in [1.29, 1.82) is 0 Å². The Hall–Kier alpha value is -3.02. The first kappa shape index (κ1) is 20.7. The Morgan fingerprint density at radius 1 is 0.793 bits per heavy atom. The highest BCUT2D eigenvalue weighted by Crippen LogP contribution is 2.36. The molecule has 0 aromatic heterocycles. The number of carboxylic acid groups (broad SMARTS) is 2. The molecule has 0 saturated carbocycles. The molecule has 3 aromatic rings. The van der Waals surface area contributed by atoms with Crippen LogP contribution < -0.4 is 4.74 Å². The summed E-state index contributed by atoms with van der Waals surface area (Å²) in [5, 5.41) is 19.3. The predicted molar refractivity (Wildman–Crippen MR) is 110 cm³/mol. The average molecular weight is 431 g/mol. The topological polar surface area (TPSA) is 83.8 Å². The SMILES string of the molecule is O=C(O)c1ccccc1COc1ccc(Cl)c(Cc2ccccc2C(=O)O)c1Cl. The molecular weight excluding hydrogens is 415 g/mol. The normalized spacial score (nSPS) is 10.6. The van der Waals surface area contributed by atoms with E-state index in [9.17, 15) is 19.8 Å². The Labute approximate surface area is 177 Å². The van der Waals surface area contributed by atoms with E-state index >= 15 is 0 Å². The first-order chi connectivity index (χ1) is 13.9. The standard InChI is InChI=1S/C22H16Cl2O5/c23-18-9-10-19(29-12-14-6-2-4-8-16(14)22(27)28)20(24)17(18)11-13-5-1-3-7-15(13)21(25)26/h1-10H,11-12H2,(H,25,26)(H,27,28). The molecule has 0 atom stereocenters. The van der Waals surface area contributed by atoms with Gasteiger partial charge in [-0.15, -0.1) is 0 Å². The van der Waals surface area contributed by atoms with Crippen LogP contribution in [-0.4, -0.2) is 22.2 Å². The number of ether oxygens (including phenoxy) is 1. The van der Waals surface area contributed by atoms with Crippen molar-refractivity contribution in [3.63, 3.8) is 0 Å². The van der Waals surface area contributed by atoms with E-state index in [1.807, 2.05) is 0 Å². The Morgan fingerprint density at radius 3 is 1.97 bits per heavy atom. The summed E-state index contributed by atoms with van der Waals surface area (Å²) in [6.45, 7) is 0.00891. The number of aromatic carboxylic acids is 2. The first-order valence-electron chi connectivity index (χ1n) is 8.60. The second-order valence-corrected chi connectivity index (χ2v) is 7.01. The summed E-state index contributed by atoms with van der Waals surface area (Å²) in [6.07, 6.45) is 0.211. The molecule has 0 amide bonds. The minimum atomic E-state index is -1.04. The smallest absolute Gasteiger partial charge is 0.336 e. The lowest BCUT2D eigenvalue weighted by Crippen LogP contribution is -2.06. The van der Waals surface area contributed by atoms with Crippen LogP contribution >= 0.6 is 23.2 Å². The molecule has 0 fully saturated rings. The van der Waals surface area contributed by atoms with E-state index in [0.29, 0.717) is 27.5 Å². The van der Waals surface area contributed by atoms with Gasteiger partial charge < -0.3 is 14.9 Å². The van der Waals surface area contributed by atoms with Crippen LogP contribution in [0.5, 0.6) is 5.75 Å². The lowest BCUT2D eigenvalue weighted by atomic mass is 9.99. The monoisotopic (exact) mass is 430 g/mol. The van der Waals surface area contributed by atoms with E-state index < -0.39 is 11.9 Å². The van der Waals surface area contributed by atoms with Crippen molar-refractivity contribution < 1.29 is 24.5 Å². The summed E-state index contributed by atoms with van der Waals surface area (Å²) < 4.78 is 5.75. The highest BCUT2D eigenvalue weighted by atomic mass is 35.5. The molecule has 148 valence electrons. The second kappa shape index (κ2) is 8.99. The van der Waals surface area contributed by atoms with Gasteiger partial charge in [-0.1, -0.05) is 59.6 Å². The zero-order chi connectivity index (χ0) is 21.0. The third kappa shape index (κ3) is 4.70. The van der Waals surface area contributed by atoms with Crippen molar-refractivity contribution >= 4 is 35.1 Å². The number of hydrogen-bond donors (Lipinski definition) is 2. The van der Waals surface area contributed by atoms with E-state index in [1.54, 1.807) is 48.5 Å². The predicted octanol–water partition coefficient (Wildman–Crippen LogP) is 5.56. The van der Waals surface area contributed by atoms with Gasteiger partial charge in [0.1, 0.15) is 12.4 Å². The molecule has 0 aliphatic heterocycles. The summed E-state index contributed by atoms with van der Waals surface area (Å²) in [4.78, 5) is 22.8. The molecular formula is C22H16Cl2O5. The summed E-state index contributed by atoms with van der Waals surface area (Å²) in [7, 11) is 0. The van der Waals surface area contributed by atoms with Crippen molar-refractivity contribution in [3.05, 3.63) is 98.5 Å². The molecule has 0 aliphatic rings. The highest BCUT2D eigenvalue weighted by molar-refractivity contribution is 6.37. The first-order valence-corrected chi connectivity index (χ1v) is 9.36. The minimum Gasteiger partial charge on any atom is -0.487 e. The molecule has 3 aromatic carbocycles. The van der Waals surface area contributed by atoms with Gasteiger partial charge >= 0.3 is 11.9 Å². The molecule has 0 saturated heterocycles. The van der Waals surface area contributed by atoms with Crippen LogP contribution in [0.2, 0.25) is 10.0 Å². The number of halogens is 2. The third-order valence-electron chi connectivity index (χ3n) is 4.40. The Balaban J connectivity index is 1.89. The quantitative estimate of drug-likeness (QED) is 0.512. The Morgan fingerprint density at radius 2 is 1.34 bits per heavy atom. The maximum absolute atomic E-state index is 11.5. The molecule has 0 spiro atoms. The van der Waals surface area contributed by atoms with Crippen LogP contribution in [0.1, 0.15) is 37.4 Å². The summed E-state index contributed by atoms with van der Waals surface area (Å²) in [5.41, 5.74) is 1.92. The highest BCUT2D eigenvalue weighted by Gasteiger charge is 2.17. The largest absolute Gasteiger partial charge is 0.487 e. The zero-order valence-electron chi connectivity index (χ0n) is 15.1. The molecule has 0 unspecified atom stereocenters. The van der Waals surface area contributed by atoms with Gasteiger partial charge in [-0.2, -0.15) is 0 Å². The Bertz CT molecular complexity index is 1080. The van der Waals surface area contributed by atoms with Crippen LogP contribution in [0.15, 0.2) is 60.7 Å². The van der Waals surface area contributed by atoms with Crippen LogP contribution in [0.4, 0.5) is 0 Å². The van der Waals surface area contributed by atoms with Gasteiger partial charge in [-0.3, -0.25) is 0 Å². The van der Waals surface area contributed by atoms with Gasteiger partial charge in [-0.25, -0.2) is 9.59 Å². The summed E-state index contributed by atoms with van der Waals surface area (Å²) >= 11 is 12.8. The maximum atomic E-state index is 11.5. The average Bonchev–Trinajstić information content (AvgIpc) is 2.71. The molecule has 7 heteroatoms. The maximum Gasteiger partial charge on any atom is 0.336 e. The number of carbonyl (C=O) groups is 2. The molecule has 2 N–H and O–H groups in total. The van der Waals surface area contributed by atoms with E-state index in [0.717, 1.165) is 0 Å². The third-order valence-corrected chi connectivity index (χ3v) is 5.17. The number of hydrogen-bond acceptors (Lipinski definition) is 3. The van der Waals surface area contributed by atoms with Crippen molar-refractivity contribution in [2.45, 2.75) is 13.0 Å². The van der Waals surface area contributed by atoms with Crippen molar-refractivity contribution in [2.75, 3.05) is 0 Å². The van der Waals surface area contributed by atoms with Gasteiger partial charge in [-0.05, 0) is 35.4 Å². The van der Waals surface area contributed by atoms with E-state index in [-0.39, 0.29) is 29.2 Å². The molecule has 0 bridgehead atoms. The fraction of sp³-hybridized carbons (Fsp3) is 0.0909. The Kier molecular flexibility index (Phi) is 6.42. The van der Waals surface area contributed by atoms with Gasteiger partial charge in [0, 0.05) is 17.0 Å². The molecule has 5 nitrogen and oxygen atoms in total. The molecule has 3 rings (SSSR count). The summed E-state index contributed by atoms with van der Waals surface area (Å²) in [6, 6.07) is 16.3. The van der Waals surface area contributed by atoms with Crippen molar-refractivity contribution in [3.8, 4) is 5.75 Å². The van der Waals surface area contributed by atoms with E-state index in [4.69, 9.17) is 27.9 Å². The lowest BCUT2D eigenvalue weighted by molar-refractivity contribution is 0.0684. The number of rotatable bonds is 7. The zero-order valence-corrected chi connectivity index (χ0v) is 16.6. The van der Waals surface area contributed by atoms with Gasteiger partial charge in [0.05, 0.1) is 16.1 Å². The second-order valence-electron chi connectivity index (χ2n) is 6.23. The van der Waals surface area contributed by atoms with Gasteiger partial charge in [0.25, 0.3) is 0 Å². The van der Waals surface area contributed by atoms with Crippen LogP contribution in [0.25, 0.3) is 0 Å². The van der Waals surface area contributed by atoms with E-state index in [2.05, 4.69) is 0 Å². The molecule has 0 heterocycles. The van der Waals surface area contributed by atoms with Crippen LogP contribution in [0, 0.1) is 0 Å².